The number of amides is 1. The van der Waals surface area contributed by atoms with Gasteiger partial charge in [-0.05, 0) is 49.2 Å². The van der Waals surface area contributed by atoms with Crippen LogP contribution < -0.4 is 10.1 Å². The molecule has 3 rings (SSSR count). The van der Waals surface area contributed by atoms with E-state index in [-0.39, 0.29) is 35.8 Å². The first-order valence-corrected chi connectivity index (χ1v) is 10.9. The summed E-state index contributed by atoms with van der Waals surface area (Å²) in [5.74, 6) is -0.981. The average molecular weight is 501 g/mol. The number of ether oxygens (including phenoxy) is 2. The first-order chi connectivity index (χ1) is 16.0. The topological polar surface area (TPSA) is 88.1 Å². The van der Waals surface area contributed by atoms with Crippen molar-refractivity contribution in [1.82, 2.24) is 10.2 Å². The van der Waals surface area contributed by atoms with Crippen LogP contribution in [0.3, 0.4) is 0 Å². The number of phenolic OH excluding ortho intramolecular Hbond substituents is 1. The molecule has 2 aromatic rings. The lowest BCUT2D eigenvalue weighted by molar-refractivity contribution is -0.146. The van der Waals surface area contributed by atoms with E-state index in [9.17, 15) is 27.9 Å². The number of nitrogens with zero attached hydrogens (tertiary/aromatic N) is 1. The van der Waals surface area contributed by atoms with Crippen molar-refractivity contribution < 1.29 is 37.3 Å². The lowest BCUT2D eigenvalue weighted by atomic mass is 10.1. The summed E-state index contributed by atoms with van der Waals surface area (Å²) >= 11 is 5.97. The van der Waals surface area contributed by atoms with Gasteiger partial charge in [-0.3, -0.25) is 14.5 Å². The molecule has 34 heavy (non-hydrogen) atoms. The maximum absolute atomic E-state index is 13.0. The highest BCUT2D eigenvalue weighted by molar-refractivity contribution is 6.33. The Labute approximate surface area is 199 Å². The lowest BCUT2D eigenvalue weighted by Crippen LogP contribution is -2.38. The van der Waals surface area contributed by atoms with Gasteiger partial charge in [0.1, 0.15) is 6.04 Å². The molecule has 0 spiro atoms. The van der Waals surface area contributed by atoms with E-state index in [0.717, 1.165) is 17.7 Å². The van der Waals surface area contributed by atoms with Crippen LogP contribution in [0.15, 0.2) is 36.4 Å². The lowest BCUT2D eigenvalue weighted by Gasteiger charge is -2.22. The number of carbonyl (C=O) groups excluding carboxylic acids is 2. The summed E-state index contributed by atoms with van der Waals surface area (Å²) in [6, 6.07) is 6.13. The molecular formula is C23H24ClF3N2O5. The number of methoxy groups -OCH3 is 1. The molecule has 184 valence electrons. The molecule has 0 aliphatic carbocycles. The highest BCUT2D eigenvalue weighted by Gasteiger charge is 2.39. The van der Waals surface area contributed by atoms with Gasteiger partial charge in [-0.1, -0.05) is 17.7 Å². The zero-order chi connectivity index (χ0) is 25.0. The maximum atomic E-state index is 13.0. The highest BCUT2D eigenvalue weighted by atomic mass is 35.5. The SMILES string of the molecule is CCOc1cc(CN2C[C@@H](NC(=O)c3cc(C(F)(F)F)ccc3Cl)C[C@H]2C(=O)OC)ccc1O. The zero-order valence-corrected chi connectivity index (χ0v) is 19.2. The van der Waals surface area contributed by atoms with Crippen LogP contribution >= 0.6 is 11.6 Å². The number of aromatic hydroxyl groups is 1. The molecule has 0 saturated carbocycles. The van der Waals surface area contributed by atoms with Gasteiger partial charge in [0.05, 0.1) is 29.9 Å². The van der Waals surface area contributed by atoms with E-state index < -0.39 is 35.7 Å². The first kappa shape index (κ1) is 25.6. The van der Waals surface area contributed by atoms with E-state index in [0.29, 0.717) is 18.4 Å². The molecule has 1 aliphatic rings. The van der Waals surface area contributed by atoms with Crippen molar-refractivity contribution >= 4 is 23.5 Å². The van der Waals surface area contributed by atoms with Crippen LogP contribution in [0.2, 0.25) is 5.02 Å². The quantitative estimate of drug-likeness (QED) is 0.559. The van der Waals surface area contributed by atoms with Crippen LogP contribution in [-0.4, -0.2) is 54.2 Å². The van der Waals surface area contributed by atoms with Crippen LogP contribution in [0, 0.1) is 0 Å². The van der Waals surface area contributed by atoms with Gasteiger partial charge in [0.15, 0.2) is 11.5 Å². The smallest absolute Gasteiger partial charge is 0.416 e. The van der Waals surface area contributed by atoms with Crippen molar-refractivity contribution in [1.29, 1.82) is 0 Å². The number of nitrogens with one attached hydrogen (secondary N) is 1. The second-order valence-electron chi connectivity index (χ2n) is 7.80. The van der Waals surface area contributed by atoms with Crippen LogP contribution in [0.5, 0.6) is 11.5 Å². The fraction of sp³-hybridized carbons (Fsp3) is 0.391. The Hall–Kier alpha value is -2.98. The predicted molar refractivity (Wildman–Crippen MR) is 118 cm³/mol. The minimum absolute atomic E-state index is 0.0142. The Kier molecular flexibility index (Phi) is 7.93. The Balaban J connectivity index is 1.77. The summed E-state index contributed by atoms with van der Waals surface area (Å²) in [6.07, 6.45) is -4.42. The number of esters is 1. The summed E-state index contributed by atoms with van der Waals surface area (Å²) < 4.78 is 49.4. The second kappa shape index (κ2) is 10.5. The van der Waals surface area contributed by atoms with Gasteiger partial charge in [-0.2, -0.15) is 13.2 Å². The minimum Gasteiger partial charge on any atom is -0.504 e. The molecule has 1 amide bonds. The van der Waals surface area contributed by atoms with E-state index >= 15 is 0 Å². The Morgan fingerprint density at radius 1 is 1.24 bits per heavy atom. The number of alkyl halides is 3. The number of halogens is 4. The highest BCUT2D eigenvalue weighted by Crippen LogP contribution is 2.32. The number of hydrogen-bond acceptors (Lipinski definition) is 6. The molecular weight excluding hydrogens is 477 g/mol. The predicted octanol–water partition coefficient (Wildman–Crippen LogP) is 4.01. The molecule has 0 unspecified atom stereocenters. The molecule has 11 heteroatoms. The van der Waals surface area contributed by atoms with Crippen molar-refractivity contribution in [3.63, 3.8) is 0 Å². The molecule has 0 radical (unpaired) electrons. The van der Waals surface area contributed by atoms with Crippen LogP contribution in [0.25, 0.3) is 0 Å². The minimum atomic E-state index is -4.62. The average Bonchev–Trinajstić information content (AvgIpc) is 3.17. The van der Waals surface area contributed by atoms with Gasteiger partial charge in [0.2, 0.25) is 0 Å². The largest absolute Gasteiger partial charge is 0.504 e. The van der Waals surface area contributed by atoms with Gasteiger partial charge >= 0.3 is 12.1 Å². The van der Waals surface area contributed by atoms with E-state index in [1.165, 1.54) is 13.2 Å². The van der Waals surface area contributed by atoms with Crippen molar-refractivity contribution in [2.24, 2.45) is 0 Å². The van der Waals surface area contributed by atoms with Crippen molar-refractivity contribution in [2.45, 2.75) is 38.1 Å². The molecule has 1 heterocycles. The van der Waals surface area contributed by atoms with E-state index in [4.69, 9.17) is 21.1 Å². The van der Waals surface area contributed by atoms with Gasteiger partial charge in [0, 0.05) is 19.1 Å². The number of carbonyl (C=O) groups is 2. The number of likely N-dealkylation sites (tertiary alicyclic amines) is 1. The summed E-state index contributed by atoms with van der Waals surface area (Å²) in [6.45, 7) is 2.67. The van der Waals surface area contributed by atoms with Crippen LogP contribution in [0.1, 0.15) is 34.8 Å². The van der Waals surface area contributed by atoms with E-state index in [1.807, 2.05) is 0 Å². The molecule has 1 fully saturated rings. The van der Waals surface area contributed by atoms with Crippen molar-refractivity contribution in [2.75, 3.05) is 20.3 Å². The van der Waals surface area contributed by atoms with E-state index in [1.54, 1.807) is 24.0 Å². The molecule has 2 N–H and O–H groups in total. The van der Waals surface area contributed by atoms with Gasteiger partial charge < -0.3 is 19.9 Å². The third kappa shape index (κ3) is 5.92. The molecule has 1 aliphatic heterocycles. The second-order valence-corrected chi connectivity index (χ2v) is 8.21. The van der Waals surface area contributed by atoms with Gasteiger partial charge in [-0.25, -0.2) is 0 Å². The zero-order valence-electron chi connectivity index (χ0n) is 18.5. The molecule has 0 bridgehead atoms. The summed E-state index contributed by atoms with van der Waals surface area (Å²) in [5.41, 5.74) is -0.535. The van der Waals surface area contributed by atoms with Crippen molar-refractivity contribution in [3.8, 4) is 11.5 Å². The summed E-state index contributed by atoms with van der Waals surface area (Å²) in [4.78, 5) is 26.9. The number of hydrogen-bond donors (Lipinski definition) is 2. The van der Waals surface area contributed by atoms with Gasteiger partial charge in [-0.15, -0.1) is 0 Å². The third-order valence-electron chi connectivity index (χ3n) is 5.46. The number of benzene rings is 2. The first-order valence-electron chi connectivity index (χ1n) is 10.5. The van der Waals surface area contributed by atoms with Crippen LogP contribution in [-0.2, 0) is 22.3 Å². The van der Waals surface area contributed by atoms with E-state index in [2.05, 4.69) is 5.32 Å². The van der Waals surface area contributed by atoms with Gasteiger partial charge in [0.25, 0.3) is 5.91 Å². The maximum Gasteiger partial charge on any atom is 0.416 e. The normalized spacial score (nSPS) is 18.5. The summed E-state index contributed by atoms with van der Waals surface area (Å²) in [5, 5.41) is 12.5. The Morgan fingerprint density at radius 2 is 1.97 bits per heavy atom. The van der Waals surface area contributed by atoms with Crippen LogP contribution in [0.4, 0.5) is 13.2 Å². The van der Waals surface area contributed by atoms with Crippen molar-refractivity contribution in [3.05, 3.63) is 58.1 Å². The standard InChI is InChI=1S/C23H24ClF3N2O5/c1-3-34-20-8-13(4-7-19(20)30)11-29-12-15(10-18(29)22(32)33-2)28-21(31)16-9-14(23(25,26)27)5-6-17(16)24/h4-9,15,18,30H,3,10-12H2,1-2H3,(H,28,31)/t15-,18-/m0/s1. The fourth-order valence-corrected chi connectivity index (χ4v) is 4.07. The monoisotopic (exact) mass is 500 g/mol. The fourth-order valence-electron chi connectivity index (χ4n) is 3.87. The molecule has 2 aromatic carbocycles. The molecule has 1 saturated heterocycles. The molecule has 7 nitrogen and oxygen atoms in total. The number of rotatable bonds is 7. The summed E-state index contributed by atoms with van der Waals surface area (Å²) in [7, 11) is 1.25. The molecule has 0 aromatic heterocycles. The Morgan fingerprint density at radius 3 is 2.62 bits per heavy atom. The third-order valence-corrected chi connectivity index (χ3v) is 5.79. The molecule has 2 atom stereocenters. The Bertz CT molecular complexity index is 1060. The number of phenols is 1.